The lowest BCUT2D eigenvalue weighted by Crippen LogP contribution is -2.40. The molecule has 0 N–H and O–H groups in total. The van der Waals surface area contributed by atoms with E-state index in [1.165, 1.54) is 9.13 Å². The van der Waals surface area contributed by atoms with E-state index in [1.807, 2.05) is 41.8 Å². The number of rotatable bonds is 5. The molecule has 0 saturated carbocycles. The smallest absolute Gasteiger partial charge is 0.325 e. The Bertz CT molecular complexity index is 1240. The van der Waals surface area contributed by atoms with Crippen molar-refractivity contribution in [2.75, 3.05) is 0 Å². The highest BCUT2D eigenvalue weighted by Gasteiger charge is 2.19. The van der Waals surface area contributed by atoms with Gasteiger partial charge < -0.3 is 4.57 Å². The monoisotopic (exact) mass is 394 g/mol. The third-order valence-corrected chi connectivity index (χ3v) is 4.88. The summed E-state index contributed by atoms with van der Waals surface area (Å²) >= 11 is 6.00. The number of imidazole rings is 1. The molecule has 0 unspecified atom stereocenters. The molecule has 7 heteroatoms. The van der Waals surface area contributed by atoms with Gasteiger partial charge in [-0.15, -0.1) is 0 Å². The highest BCUT2D eigenvalue weighted by molar-refractivity contribution is 6.30. The Hall–Kier alpha value is -3.12. The lowest BCUT2D eigenvalue weighted by molar-refractivity contribution is 0.662. The van der Waals surface area contributed by atoms with Gasteiger partial charge in [-0.1, -0.05) is 48.9 Å². The van der Waals surface area contributed by atoms with Crippen molar-refractivity contribution in [3.05, 3.63) is 92.3 Å². The van der Waals surface area contributed by atoms with Crippen LogP contribution in [0.2, 0.25) is 5.02 Å². The van der Waals surface area contributed by atoms with Crippen molar-refractivity contribution in [2.45, 2.75) is 26.4 Å². The summed E-state index contributed by atoms with van der Waals surface area (Å²) in [6.07, 6.45) is 2.47. The van der Waals surface area contributed by atoms with Crippen LogP contribution in [0.5, 0.6) is 0 Å². The number of aryl methyl sites for hydroxylation is 1. The Morgan fingerprint density at radius 3 is 2.39 bits per heavy atom. The molecular weight excluding hydrogens is 376 g/mol. The third kappa shape index (κ3) is 3.16. The molecule has 0 fully saturated rings. The van der Waals surface area contributed by atoms with Crippen LogP contribution in [0, 0.1) is 0 Å². The maximum absolute atomic E-state index is 13.3. The van der Waals surface area contributed by atoms with Gasteiger partial charge in [0.1, 0.15) is 0 Å². The Morgan fingerprint density at radius 1 is 1.00 bits per heavy atom. The van der Waals surface area contributed by atoms with Crippen LogP contribution in [0.4, 0.5) is 0 Å². The first-order chi connectivity index (χ1) is 13.6. The van der Waals surface area contributed by atoms with Crippen molar-refractivity contribution in [3.8, 4) is 5.69 Å². The van der Waals surface area contributed by atoms with E-state index in [9.17, 15) is 9.59 Å². The zero-order chi connectivity index (χ0) is 19.7. The van der Waals surface area contributed by atoms with E-state index < -0.39 is 5.69 Å². The Labute approximate surface area is 166 Å². The van der Waals surface area contributed by atoms with Gasteiger partial charge in [-0.2, -0.15) is 0 Å². The summed E-state index contributed by atoms with van der Waals surface area (Å²) in [7, 11) is 0. The molecule has 0 aliphatic heterocycles. The number of hydrogen-bond donors (Lipinski definition) is 0. The molecule has 0 atom stereocenters. The summed E-state index contributed by atoms with van der Waals surface area (Å²) in [6, 6.07) is 16.4. The molecule has 0 saturated heterocycles. The third-order valence-electron chi connectivity index (χ3n) is 4.63. The van der Waals surface area contributed by atoms with E-state index >= 15 is 0 Å². The lowest BCUT2D eigenvalue weighted by atomic mass is 10.2. The average Bonchev–Trinajstić information content (AvgIpc) is 3.11. The topological polar surface area (TPSA) is 61.8 Å². The van der Waals surface area contributed by atoms with Gasteiger partial charge in [0.25, 0.3) is 5.56 Å². The maximum Gasteiger partial charge on any atom is 0.337 e. The minimum atomic E-state index is -0.426. The number of hydrogen-bond acceptors (Lipinski definition) is 3. The molecule has 6 nitrogen and oxygen atoms in total. The first-order valence-electron chi connectivity index (χ1n) is 9.10. The average molecular weight is 395 g/mol. The predicted octanol–water partition coefficient (Wildman–Crippen LogP) is 3.46. The second-order valence-electron chi connectivity index (χ2n) is 6.58. The Kier molecular flexibility index (Phi) is 4.88. The molecular formula is C21H19ClN4O2. The molecule has 0 aliphatic carbocycles. The lowest BCUT2D eigenvalue weighted by Gasteiger charge is -2.13. The fraction of sp³-hybridized carbons (Fsp3) is 0.190. The van der Waals surface area contributed by atoms with Crippen LogP contribution in [-0.2, 0) is 13.1 Å². The van der Waals surface area contributed by atoms with Gasteiger partial charge in [0.15, 0.2) is 11.2 Å². The zero-order valence-corrected chi connectivity index (χ0v) is 16.1. The number of benzene rings is 2. The summed E-state index contributed by atoms with van der Waals surface area (Å²) in [6.45, 7) is 2.87. The molecule has 28 heavy (non-hydrogen) atoms. The summed E-state index contributed by atoms with van der Waals surface area (Å²) < 4.78 is 4.55. The van der Waals surface area contributed by atoms with Crippen molar-refractivity contribution >= 4 is 22.8 Å². The fourth-order valence-corrected chi connectivity index (χ4v) is 3.44. The van der Waals surface area contributed by atoms with Gasteiger partial charge in [-0.05, 0) is 36.2 Å². The number of aromatic nitrogens is 4. The normalized spacial score (nSPS) is 11.2. The highest BCUT2D eigenvalue weighted by Crippen LogP contribution is 2.16. The van der Waals surface area contributed by atoms with Crippen molar-refractivity contribution in [1.29, 1.82) is 0 Å². The van der Waals surface area contributed by atoms with Gasteiger partial charge in [0, 0.05) is 11.6 Å². The van der Waals surface area contributed by atoms with Crippen LogP contribution in [0.25, 0.3) is 16.9 Å². The van der Waals surface area contributed by atoms with Crippen molar-refractivity contribution in [2.24, 2.45) is 0 Å². The Balaban J connectivity index is 2.03. The molecule has 2 heterocycles. The van der Waals surface area contributed by atoms with Gasteiger partial charge in [0.2, 0.25) is 0 Å². The first kappa shape index (κ1) is 18.3. The minimum absolute atomic E-state index is 0.194. The van der Waals surface area contributed by atoms with Crippen LogP contribution >= 0.6 is 11.6 Å². The second-order valence-corrected chi connectivity index (χ2v) is 7.02. The number of fused-ring (bicyclic) bond motifs is 1. The molecule has 4 aromatic rings. The second kappa shape index (κ2) is 7.48. The summed E-state index contributed by atoms with van der Waals surface area (Å²) in [5.41, 5.74) is 1.51. The van der Waals surface area contributed by atoms with E-state index in [0.29, 0.717) is 28.4 Å². The molecule has 0 amide bonds. The molecule has 0 radical (unpaired) electrons. The van der Waals surface area contributed by atoms with Gasteiger partial charge in [-0.3, -0.25) is 9.36 Å². The molecule has 2 aromatic carbocycles. The van der Waals surface area contributed by atoms with Crippen LogP contribution < -0.4 is 11.2 Å². The van der Waals surface area contributed by atoms with Gasteiger partial charge in [-0.25, -0.2) is 14.3 Å². The van der Waals surface area contributed by atoms with Crippen LogP contribution in [0.3, 0.4) is 0 Å². The molecule has 0 aliphatic rings. The van der Waals surface area contributed by atoms with Gasteiger partial charge in [0.05, 0.1) is 18.6 Å². The van der Waals surface area contributed by atoms with Crippen LogP contribution in [0.1, 0.15) is 18.9 Å². The molecule has 2 aromatic heterocycles. The van der Waals surface area contributed by atoms with E-state index in [4.69, 9.17) is 11.6 Å². The molecule has 142 valence electrons. The van der Waals surface area contributed by atoms with Crippen molar-refractivity contribution in [3.63, 3.8) is 0 Å². The van der Waals surface area contributed by atoms with Crippen molar-refractivity contribution in [1.82, 2.24) is 18.7 Å². The molecule has 0 spiro atoms. The highest BCUT2D eigenvalue weighted by atomic mass is 35.5. The van der Waals surface area contributed by atoms with E-state index in [0.717, 1.165) is 12.0 Å². The summed E-state index contributed by atoms with van der Waals surface area (Å²) in [5, 5.41) is 0.571. The van der Waals surface area contributed by atoms with Crippen LogP contribution in [0.15, 0.2) is 70.5 Å². The van der Waals surface area contributed by atoms with E-state index in [2.05, 4.69) is 4.98 Å². The number of nitrogens with zero attached hydrogens (tertiary/aromatic N) is 4. The zero-order valence-electron chi connectivity index (χ0n) is 15.4. The quantitative estimate of drug-likeness (QED) is 0.520. The summed E-state index contributed by atoms with van der Waals surface area (Å²) in [4.78, 5) is 30.9. The van der Waals surface area contributed by atoms with Crippen molar-refractivity contribution < 1.29 is 0 Å². The van der Waals surface area contributed by atoms with E-state index in [-0.39, 0.29) is 12.1 Å². The fourth-order valence-electron chi connectivity index (χ4n) is 3.32. The molecule has 4 rings (SSSR count). The maximum atomic E-state index is 13.3. The Morgan fingerprint density at radius 2 is 1.71 bits per heavy atom. The SMILES string of the molecule is CCCn1cnc2c1c(=O)n(Cc1ccccc1)c(=O)n2-c1ccc(Cl)cc1. The standard InChI is InChI=1S/C21H19ClN4O2/c1-2-12-24-14-23-19-18(24)20(27)25(13-15-6-4-3-5-7-15)21(28)26(19)17-10-8-16(22)9-11-17/h3-11,14H,2,12-13H2,1H3. The van der Waals surface area contributed by atoms with E-state index in [1.54, 1.807) is 30.6 Å². The molecule has 0 bridgehead atoms. The summed E-state index contributed by atoms with van der Waals surface area (Å²) in [5.74, 6) is 0. The number of halogens is 1. The van der Waals surface area contributed by atoms with Gasteiger partial charge >= 0.3 is 5.69 Å². The van der Waals surface area contributed by atoms with Crippen LogP contribution in [-0.4, -0.2) is 18.7 Å². The predicted molar refractivity (Wildman–Crippen MR) is 110 cm³/mol. The first-order valence-corrected chi connectivity index (χ1v) is 9.48. The largest absolute Gasteiger partial charge is 0.337 e. The minimum Gasteiger partial charge on any atom is -0.325 e.